The molecule has 0 spiro atoms. The topological polar surface area (TPSA) is 61.9 Å². The lowest BCUT2D eigenvalue weighted by molar-refractivity contribution is -0.134. The number of rotatable bonds is 4. The fourth-order valence-corrected chi connectivity index (χ4v) is 5.01. The van der Waals surface area contributed by atoms with Crippen LogP contribution < -0.4 is 10.1 Å². The highest BCUT2D eigenvalue weighted by Gasteiger charge is 2.35. The molecule has 3 aliphatic rings. The second-order valence-corrected chi connectivity index (χ2v) is 8.54. The number of nitrogens with one attached hydrogen (secondary N) is 1. The summed E-state index contributed by atoms with van der Waals surface area (Å²) >= 11 is 0. The summed E-state index contributed by atoms with van der Waals surface area (Å²) in [4.78, 5) is 29.4. The van der Waals surface area contributed by atoms with Crippen molar-refractivity contribution in [3.63, 3.8) is 0 Å². The van der Waals surface area contributed by atoms with E-state index in [4.69, 9.17) is 4.74 Å². The summed E-state index contributed by atoms with van der Waals surface area (Å²) in [6, 6.07) is 6.82. The highest BCUT2D eigenvalue weighted by Crippen LogP contribution is 2.33. The van der Waals surface area contributed by atoms with E-state index in [2.05, 4.69) is 5.32 Å². The monoisotopic (exact) mass is 385 g/mol. The van der Waals surface area contributed by atoms with Crippen LogP contribution in [0.5, 0.6) is 5.75 Å². The molecule has 3 aliphatic heterocycles. The molecular weight excluding hydrogens is 354 g/mol. The maximum absolute atomic E-state index is 12.8. The first-order valence-electron chi connectivity index (χ1n) is 10.5. The van der Waals surface area contributed by atoms with Gasteiger partial charge in [-0.1, -0.05) is 6.07 Å². The van der Waals surface area contributed by atoms with E-state index < -0.39 is 0 Å². The van der Waals surface area contributed by atoms with Crippen LogP contribution in [-0.2, 0) is 4.79 Å². The summed E-state index contributed by atoms with van der Waals surface area (Å²) in [7, 11) is 1.62. The van der Waals surface area contributed by atoms with Gasteiger partial charge in [-0.25, -0.2) is 0 Å². The van der Waals surface area contributed by atoms with Crippen molar-refractivity contribution in [2.75, 3.05) is 33.3 Å². The molecule has 28 heavy (non-hydrogen) atoms. The van der Waals surface area contributed by atoms with Crippen molar-refractivity contribution in [3.05, 3.63) is 29.3 Å². The van der Waals surface area contributed by atoms with Crippen LogP contribution in [0, 0.1) is 12.8 Å². The molecule has 6 heteroatoms. The minimum Gasteiger partial charge on any atom is -0.496 e. The highest BCUT2D eigenvalue weighted by molar-refractivity contribution is 5.95. The number of ether oxygens (including phenoxy) is 1. The SMILES string of the molecule is COc1cc(C(=O)N2CCN(C(=O)CC3CC4CCC(C3)N4)CC2)ccc1C. The normalized spacial score (nSPS) is 27.0. The summed E-state index contributed by atoms with van der Waals surface area (Å²) in [6.07, 6.45) is 5.46. The van der Waals surface area contributed by atoms with E-state index in [1.165, 1.54) is 12.8 Å². The quantitative estimate of drug-likeness (QED) is 0.863. The van der Waals surface area contributed by atoms with Crippen molar-refractivity contribution in [1.82, 2.24) is 15.1 Å². The molecule has 3 heterocycles. The molecule has 152 valence electrons. The molecule has 2 atom stereocenters. The van der Waals surface area contributed by atoms with Crippen molar-refractivity contribution in [3.8, 4) is 5.75 Å². The van der Waals surface area contributed by atoms with Crippen molar-refractivity contribution in [1.29, 1.82) is 0 Å². The van der Waals surface area contributed by atoms with Gasteiger partial charge in [0.1, 0.15) is 5.75 Å². The zero-order valence-corrected chi connectivity index (χ0v) is 16.9. The number of hydrogen-bond donors (Lipinski definition) is 1. The number of aryl methyl sites for hydroxylation is 1. The molecule has 2 unspecified atom stereocenters. The van der Waals surface area contributed by atoms with Gasteiger partial charge >= 0.3 is 0 Å². The largest absolute Gasteiger partial charge is 0.496 e. The Hall–Kier alpha value is -2.08. The van der Waals surface area contributed by atoms with E-state index >= 15 is 0 Å². The van der Waals surface area contributed by atoms with Gasteiger partial charge in [-0.15, -0.1) is 0 Å². The molecule has 2 bridgehead atoms. The number of nitrogens with zero attached hydrogens (tertiary/aromatic N) is 2. The van der Waals surface area contributed by atoms with Gasteiger partial charge in [0.2, 0.25) is 5.91 Å². The average molecular weight is 386 g/mol. The number of piperidine rings is 1. The lowest BCUT2D eigenvalue weighted by Crippen LogP contribution is -2.51. The van der Waals surface area contributed by atoms with Crippen LogP contribution in [0.25, 0.3) is 0 Å². The molecule has 3 fully saturated rings. The van der Waals surface area contributed by atoms with Gasteiger partial charge in [-0.05, 0) is 56.2 Å². The first kappa shape index (κ1) is 19.2. The van der Waals surface area contributed by atoms with Crippen LogP contribution in [0.1, 0.15) is 48.0 Å². The van der Waals surface area contributed by atoms with Gasteiger partial charge in [-0.3, -0.25) is 9.59 Å². The van der Waals surface area contributed by atoms with Gasteiger partial charge in [0.15, 0.2) is 0 Å². The number of fused-ring (bicyclic) bond motifs is 2. The van der Waals surface area contributed by atoms with E-state index in [0.29, 0.717) is 56.2 Å². The second-order valence-electron chi connectivity index (χ2n) is 8.54. The van der Waals surface area contributed by atoms with Crippen LogP contribution in [0.3, 0.4) is 0 Å². The lowest BCUT2D eigenvalue weighted by Gasteiger charge is -2.36. The molecule has 1 N–H and O–H groups in total. The summed E-state index contributed by atoms with van der Waals surface area (Å²) in [5, 5.41) is 3.64. The third-order valence-corrected chi connectivity index (χ3v) is 6.61. The number of methoxy groups -OCH3 is 1. The van der Waals surface area contributed by atoms with Crippen LogP contribution in [-0.4, -0.2) is 67.0 Å². The molecule has 2 amide bonds. The maximum atomic E-state index is 12.8. The highest BCUT2D eigenvalue weighted by atomic mass is 16.5. The third kappa shape index (κ3) is 4.02. The number of hydrogen-bond acceptors (Lipinski definition) is 4. The molecule has 0 saturated carbocycles. The number of carbonyl (C=O) groups excluding carboxylic acids is 2. The molecule has 0 aliphatic carbocycles. The summed E-state index contributed by atoms with van der Waals surface area (Å²) in [5.41, 5.74) is 1.66. The van der Waals surface area contributed by atoms with Gasteiger partial charge in [-0.2, -0.15) is 0 Å². The standard InChI is InChI=1S/C22H31N3O3/c1-15-3-4-17(14-20(15)28-2)22(27)25-9-7-24(8-10-25)21(26)13-16-11-18-5-6-19(12-16)23-18/h3-4,14,16,18-19,23H,5-13H2,1-2H3. The van der Waals surface area contributed by atoms with Crippen molar-refractivity contribution < 1.29 is 14.3 Å². The van der Waals surface area contributed by atoms with Crippen molar-refractivity contribution in [2.24, 2.45) is 5.92 Å². The smallest absolute Gasteiger partial charge is 0.254 e. The molecule has 1 aromatic carbocycles. The summed E-state index contributed by atoms with van der Waals surface area (Å²) in [5.74, 6) is 1.53. The Morgan fingerprint density at radius 3 is 2.36 bits per heavy atom. The Morgan fingerprint density at radius 1 is 1.07 bits per heavy atom. The Balaban J connectivity index is 1.29. The van der Waals surface area contributed by atoms with Crippen LogP contribution in [0.4, 0.5) is 0 Å². The number of benzene rings is 1. The van der Waals surface area contributed by atoms with Crippen LogP contribution in [0.2, 0.25) is 0 Å². The average Bonchev–Trinajstić information content (AvgIpc) is 3.06. The fourth-order valence-electron chi connectivity index (χ4n) is 5.01. The Kier molecular flexibility index (Phi) is 5.58. The molecule has 6 nitrogen and oxygen atoms in total. The minimum absolute atomic E-state index is 0.0142. The third-order valence-electron chi connectivity index (χ3n) is 6.61. The first-order chi connectivity index (χ1) is 13.5. The van der Waals surface area contributed by atoms with E-state index in [1.54, 1.807) is 13.2 Å². The van der Waals surface area contributed by atoms with Crippen LogP contribution in [0.15, 0.2) is 18.2 Å². The molecule has 4 rings (SSSR count). The van der Waals surface area contributed by atoms with Gasteiger partial charge in [0.05, 0.1) is 7.11 Å². The van der Waals surface area contributed by atoms with E-state index in [-0.39, 0.29) is 11.8 Å². The van der Waals surface area contributed by atoms with E-state index in [0.717, 1.165) is 24.2 Å². The zero-order valence-electron chi connectivity index (χ0n) is 16.9. The molecule has 3 saturated heterocycles. The molecule has 0 aromatic heterocycles. The summed E-state index contributed by atoms with van der Waals surface area (Å²) in [6.45, 7) is 4.42. The fraction of sp³-hybridized carbons (Fsp3) is 0.636. The predicted octanol–water partition coefficient (Wildman–Crippen LogP) is 2.21. The Morgan fingerprint density at radius 2 is 1.71 bits per heavy atom. The van der Waals surface area contributed by atoms with E-state index in [9.17, 15) is 9.59 Å². The van der Waals surface area contributed by atoms with E-state index in [1.807, 2.05) is 28.9 Å². The van der Waals surface area contributed by atoms with Crippen molar-refractivity contribution in [2.45, 2.75) is 51.1 Å². The first-order valence-corrected chi connectivity index (χ1v) is 10.5. The molecular formula is C22H31N3O3. The zero-order chi connectivity index (χ0) is 19.7. The van der Waals surface area contributed by atoms with Crippen LogP contribution >= 0.6 is 0 Å². The van der Waals surface area contributed by atoms with Gasteiger partial charge in [0.25, 0.3) is 5.91 Å². The Labute approximate surface area is 167 Å². The molecule has 1 aromatic rings. The molecule has 0 radical (unpaired) electrons. The number of amides is 2. The summed E-state index contributed by atoms with van der Waals surface area (Å²) < 4.78 is 5.34. The van der Waals surface area contributed by atoms with Crippen molar-refractivity contribution >= 4 is 11.8 Å². The Bertz CT molecular complexity index is 731. The second kappa shape index (κ2) is 8.11. The van der Waals surface area contributed by atoms with Gasteiger partial charge in [0, 0.05) is 50.2 Å². The predicted molar refractivity (Wildman–Crippen MR) is 108 cm³/mol. The number of carbonyl (C=O) groups is 2. The maximum Gasteiger partial charge on any atom is 0.254 e. The minimum atomic E-state index is 0.0142. The van der Waals surface area contributed by atoms with Gasteiger partial charge < -0.3 is 19.9 Å². The lowest BCUT2D eigenvalue weighted by atomic mass is 9.89. The number of piperazine rings is 1.